The van der Waals surface area contributed by atoms with Crippen LogP contribution >= 0.6 is 0 Å². The van der Waals surface area contributed by atoms with Crippen LogP contribution in [-0.4, -0.2) is 23.1 Å². The average Bonchev–Trinajstić information content (AvgIpc) is 2.97. The second-order valence-corrected chi connectivity index (χ2v) is 4.64. The van der Waals surface area contributed by atoms with Crippen LogP contribution in [0.2, 0.25) is 0 Å². The fourth-order valence-electron chi connectivity index (χ4n) is 1.89. The number of carbonyl (C=O) groups excluding carboxylic acids is 1. The summed E-state index contributed by atoms with van der Waals surface area (Å²) in [5.74, 6) is 0.629. The number of para-hydroxylation sites is 1. The second kappa shape index (κ2) is 7.38. The zero-order valence-electron chi connectivity index (χ0n) is 11.7. The van der Waals surface area contributed by atoms with Gasteiger partial charge in [0, 0.05) is 25.5 Å². The van der Waals surface area contributed by atoms with Gasteiger partial charge < -0.3 is 14.6 Å². The van der Waals surface area contributed by atoms with Crippen molar-refractivity contribution in [2.24, 2.45) is 0 Å². The normalized spacial score (nSPS) is 11.8. The Kier molecular flexibility index (Phi) is 5.24. The van der Waals surface area contributed by atoms with Crippen LogP contribution in [0.1, 0.15) is 13.3 Å². The van der Waals surface area contributed by atoms with Crippen molar-refractivity contribution in [1.29, 1.82) is 0 Å². The summed E-state index contributed by atoms with van der Waals surface area (Å²) < 4.78 is 7.66. The number of benzene rings is 1. The van der Waals surface area contributed by atoms with Crippen LogP contribution in [0.3, 0.4) is 0 Å². The molecule has 0 unspecified atom stereocenters. The Labute approximate surface area is 119 Å². The van der Waals surface area contributed by atoms with E-state index in [-0.39, 0.29) is 5.91 Å². The lowest BCUT2D eigenvalue weighted by Crippen LogP contribution is -2.37. The molecule has 0 saturated carbocycles. The van der Waals surface area contributed by atoms with Crippen molar-refractivity contribution in [1.82, 2.24) is 9.88 Å². The summed E-state index contributed by atoms with van der Waals surface area (Å²) >= 11 is 0. The first-order valence-corrected chi connectivity index (χ1v) is 6.86. The van der Waals surface area contributed by atoms with Gasteiger partial charge in [-0.25, -0.2) is 0 Å². The van der Waals surface area contributed by atoms with Gasteiger partial charge in [0.15, 0.2) is 6.10 Å². The van der Waals surface area contributed by atoms with Gasteiger partial charge in [-0.05, 0) is 37.6 Å². The Balaban J connectivity index is 1.66. The molecule has 20 heavy (non-hydrogen) atoms. The molecule has 0 aliphatic heterocycles. The monoisotopic (exact) mass is 272 g/mol. The van der Waals surface area contributed by atoms with Crippen molar-refractivity contribution < 1.29 is 9.53 Å². The first kappa shape index (κ1) is 14.2. The molecule has 1 atom stereocenters. The minimum Gasteiger partial charge on any atom is -0.481 e. The molecule has 1 amide bonds. The van der Waals surface area contributed by atoms with Gasteiger partial charge >= 0.3 is 0 Å². The highest BCUT2D eigenvalue weighted by molar-refractivity contribution is 5.80. The third-order valence-electron chi connectivity index (χ3n) is 2.98. The minimum absolute atomic E-state index is 0.0821. The van der Waals surface area contributed by atoms with Crippen molar-refractivity contribution in [3.8, 4) is 5.75 Å². The molecule has 106 valence electrons. The molecule has 0 saturated heterocycles. The molecule has 1 N–H and O–H groups in total. The molecule has 4 nitrogen and oxygen atoms in total. The standard InChI is InChI=1S/C16H20N2O2/c1-14(20-15-8-3-2-4-9-15)16(19)17-10-7-13-18-11-5-6-12-18/h2-6,8-9,11-12,14H,7,10,13H2,1H3,(H,17,19)/t14-/m0/s1. The van der Waals surface area contributed by atoms with E-state index in [2.05, 4.69) is 9.88 Å². The smallest absolute Gasteiger partial charge is 0.260 e. The SMILES string of the molecule is C[C@H](Oc1ccccc1)C(=O)NCCCn1cccc1. The molecule has 0 spiro atoms. The van der Waals surface area contributed by atoms with E-state index < -0.39 is 6.10 Å². The number of amides is 1. The predicted molar refractivity (Wildman–Crippen MR) is 78.6 cm³/mol. The maximum absolute atomic E-state index is 11.9. The summed E-state index contributed by atoms with van der Waals surface area (Å²) in [6.07, 6.45) is 4.45. The summed E-state index contributed by atoms with van der Waals surface area (Å²) in [6, 6.07) is 13.4. The highest BCUT2D eigenvalue weighted by Crippen LogP contribution is 2.10. The number of nitrogens with zero attached hydrogens (tertiary/aromatic N) is 1. The van der Waals surface area contributed by atoms with Crippen molar-refractivity contribution in [2.45, 2.75) is 26.0 Å². The van der Waals surface area contributed by atoms with Crippen LogP contribution in [-0.2, 0) is 11.3 Å². The maximum Gasteiger partial charge on any atom is 0.260 e. The quantitative estimate of drug-likeness (QED) is 0.787. The molecule has 0 radical (unpaired) electrons. The zero-order chi connectivity index (χ0) is 14.2. The van der Waals surface area contributed by atoms with Gasteiger partial charge in [-0.1, -0.05) is 18.2 Å². The summed E-state index contributed by atoms with van der Waals surface area (Å²) in [5, 5.41) is 2.89. The van der Waals surface area contributed by atoms with Crippen molar-refractivity contribution >= 4 is 5.91 Å². The lowest BCUT2D eigenvalue weighted by molar-refractivity contribution is -0.127. The van der Waals surface area contributed by atoms with Crippen molar-refractivity contribution in [3.63, 3.8) is 0 Å². The largest absolute Gasteiger partial charge is 0.481 e. The summed E-state index contributed by atoms with van der Waals surface area (Å²) in [6.45, 7) is 3.31. The van der Waals surface area contributed by atoms with Gasteiger partial charge in [0.25, 0.3) is 5.91 Å². The highest BCUT2D eigenvalue weighted by atomic mass is 16.5. The summed E-state index contributed by atoms with van der Waals surface area (Å²) in [7, 11) is 0. The number of aryl methyl sites for hydroxylation is 1. The molecule has 1 aromatic heterocycles. The van der Waals surface area contributed by atoms with Gasteiger partial charge in [0.1, 0.15) is 5.75 Å². The maximum atomic E-state index is 11.9. The van der Waals surface area contributed by atoms with E-state index in [4.69, 9.17) is 4.74 Å². The van der Waals surface area contributed by atoms with Gasteiger partial charge in [-0.3, -0.25) is 4.79 Å². The topological polar surface area (TPSA) is 43.3 Å². The van der Waals surface area contributed by atoms with Crippen LogP contribution < -0.4 is 10.1 Å². The number of hydrogen-bond acceptors (Lipinski definition) is 2. The number of carbonyl (C=O) groups is 1. The Morgan fingerprint density at radius 2 is 1.90 bits per heavy atom. The number of hydrogen-bond donors (Lipinski definition) is 1. The van der Waals surface area contributed by atoms with Gasteiger partial charge in [0.2, 0.25) is 0 Å². The molecular formula is C16H20N2O2. The summed E-state index contributed by atoms with van der Waals surface area (Å²) in [4.78, 5) is 11.9. The molecule has 4 heteroatoms. The van der Waals surface area contributed by atoms with Crippen LogP contribution in [0.5, 0.6) is 5.75 Å². The third-order valence-corrected chi connectivity index (χ3v) is 2.98. The molecule has 0 aliphatic rings. The van der Waals surface area contributed by atoms with E-state index in [1.807, 2.05) is 54.9 Å². The number of ether oxygens (including phenoxy) is 1. The van der Waals surface area contributed by atoms with Crippen molar-refractivity contribution in [3.05, 3.63) is 54.9 Å². The van der Waals surface area contributed by atoms with Crippen LogP contribution in [0.15, 0.2) is 54.9 Å². The number of aromatic nitrogens is 1. The van der Waals surface area contributed by atoms with E-state index >= 15 is 0 Å². The third kappa shape index (κ3) is 4.46. The van der Waals surface area contributed by atoms with Gasteiger partial charge in [0.05, 0.1) is 0 Å². The first-order chi connectivity index (χ1) is 9.75. The molecule has 1 aromatic carbocycles. The minimum atomic E-state index is -0.482. The molecular weight excluding hydrogens is 252 g/mol. The van der Waals surface area contributed by atoms with E-state index in [9.17, 15) is 4.79 Å². The fraction of sp³-hybridized carbons (Fsp3) is 0.312. The van der Waals surface area contributed by atoms with Gasteiger partial charge in [-0.15, -0.1) is 0 Å². The Morgan fingerprint density at radius 1 is 1.20 bits per heavy atom. The van der Waals surface area contributed by atoms with Gasteiger partial charge in [-0.2, -0.15) is 0 Å². The highest BCUT2D eigenvalue weighted by Gasteiger charge is 2.13. The molecule has 1 heterocycles. The Hall–Kier alpha value is -2.23. The van der Waals surface area contributed by atoms with E-state index in [1.165, 1.54) is 0 Å². The summed E-state index contributed by atoms with van der Waals surface area (Å²) in [5.41, 5.74) is 0. The molecule has 0 fully saturated rings. The van der Waals surface area contributed by atoms with E-state index in [0.717, 1.165) is 13.0 Å². The molecule has 0 bridgehead atoms. The fourth-order valence-corrected chi connectivity index (χ4v) is 1.89. The predicted octanol–water partition coefficient (Wildman–Crippen LogP) is 2.46. The zero-order valence-corrected chi connectivity index (χ0v) is 11.7. The van der Waals surface area contributed by atoms with Crippen LogP contribution in [0, 0.1) is 0 Å². The van der Waals surface area contributed by atoms with Crippen LogP contribution in [0.4, 0.5) is 0 Å². The van der Waals surface area contributed by atoms with E-state index in [0.29, 0.717) is 12.3 Å². The number of rotatable bonds is 7. The first-order valence-electron chi connectivity index (χ1n) is 6.86. The molecule has 2 rings (SSSR count). The second-order valence-electron chi connectivity index (χ2n) is 4.64. The number of nitrogens with one attached hydrogen (secondary N) is 1. The lowest BCUT2D eigenvalue weighted by atomic mass is 10.3. The lowest BCUT2D eigenvalue weighted by Gasteiger charge is -2.14. The Bertz CT molecular complexity index is 509. The molecule has 2 aromatic rings. The van der Waals surface area contributed by atoms with E-state index in [1.54, 1.807) is 6.92 Å². The Morgan fingerprint density at radius 3 is 2.60 bits per heavy atom. The average molecular weight is 272 g/mol. The van der Waals surface area contributed by atoms with Crippen LogP contribution in [0.25, 0.3) is 0 Å². The molecule has 0 aliphatic carbocycles. The van der Waals surface area contributed by atoms with Crippen molar-refractivity contribution in [2.75, 3.05) is 6.54 Å².